The van der Waals surface area contributed by atoms with E-state index in [0.717, 1.165) is 5.92 Å². The number of aryl methyl sites for hydroxylation is 1. The van der Waals surface area contributed by atoms with Crippen molar-refractivity contribution in [2.24, 2.45) is 5.92 Å². The zero-order valence-corrected chi connectivity index (χ0v) is 9.44. The third-order valence-corrected chi connectivity index (χ3v) is 2.93. The minimum absolute atomic E-state index is 0. The molecule has 0 amide bonds. The second kappa shape index (κ2) is 5.38. The summed E-state index contributed by atoms with van der Waals surface area (Å²) >= 11 is 0. The maximum absolute atomic E-state index is 3.41. The molecule has 2 rings (SSSR count). The van der Waals surface area contributed by atoms with E-state index in [4.69, 9.17) is 0 Å². The molecule has 1 unspecified atom stereocenters. The van der Waals surface area contributed by atoms with Crippen molar-refractivity contribution in [2.75, 3.05) is 13.1 Å². The van der Waals surface area contributed by atoms with Gasteiger partial charge < -0.3 is 5.32 Å². The summed E-state index contributed by atoms with van der Waals surface area (Å²) in [4.78, 5) is 0. The summed E-state index contributed by atoms with van der Waals surface area (Å²) in [5.74, 6) is 0.862. The van der Waals surface area contributed by atoms with Gasteiger partial charge in [0.05, 0.1) is 0 Å². The zero-order valence-electron chi connectivity index (χ0n) is 8.62. The van der Waals surface area contributed by atoms with Crippen molar-refractivity contribution >= 4 is 12.4 Å². The second-order valence-corrected chi connectivity index (χ2v) is 3.99. The van der Waals surface area contributed by atoms with Crippen molar-refractivity contribution in [3.8, 4) is 0 Å². The van der Waals surface area contributed by atoms with Crippen LogP contribution in [0.15, 0.2) is 24.3 Å². The van der Waals surface area contributed by atoms with Crippen LogP contribution in [0, 0.1) is 12.8 Å². The second-order valence-electron chi connectivity index (χ2n) is 3.99. The third kappa shape index (κ3) is 2.73. The molecule has 14 heavy (non-hydrogen) atoms. The molecule has 0 spiro atoms. The Morgan fingerprint density at radius 2 is 2.14 bits per heavy atom. The maximum Gasteiger partial charge on any atom is -0.00169 e. The number of hydrogen-bond donors (Lipinski definition) is 1. The first-order valence-corrected chi connectivity index (χ1v) is 5.11. The van der Waals surface area contributed by atoms with Crippen LogP contribution < -0.4 is 5.32 Å². The lowest BCUT2D eigenvalue weighted by Gasteiger charge is -2.10. The first kappa shape index (κ1) is 11.5. The fourth-order valence-corrected chi connectivity index (χ4v) is 2.04. The molecular weight excluding hydrogens is 194 g/mol. The molecule has 1 aliphatic rings. The highest BCUT2D eigenvalue weighted by atomic mass is 35.5. The van der Waals surface area contributed by atoms with Gasteiger partial charge in [-0.2, -0.15) is 0 Å². The summed E-state index contributed by atoms with van der Waals surface area (Å²) < 4.78 is 0. The van der Waals surface area contributed by atoms with Gasteiger partial charge in [-0.15, -0.1) is 12.4 Å². The van der Waals surface area contributed by atoms with Gasteiger partial charge in [-0.1, -0.05) is 24.3 Å². The summed E-state index contributed by atoms with van der Waals surface area (Å²) in [5.41, 5.74) is 2.96. The van der Waals surface area contributed by atoms with Crippen molar-refractivity contribution in [3.63, 3.8) is 0 Å². The summed E-state index contributed by atoms with van der Waals surface area (Å²) in [6.45, 7) is 4.61. The Kier molecular flexibility index (Phi) is 4.43. The van der Waals surface area contributed by atoms with E-state index in [-0.39, 0.29) is 12.4 Å². The molecule has 2 heteroatoms. The van der Waals surface area contributed by atoms with Crippen LogP contribution in [-0.2, 0) is 6.42 Å². The van der Waals surface area contributed by atoms with E-state index >= 15 is 0 Å². The minimum atomic E-state index is 0. The predicted octanol–water partition coefficient (Wildman–Crippen LogP) is 2.57. The molecule has 1 nitrogen and oxygen atoms in total. The van der Waals surface area contributed by atoms with Crippen LogP contribution in [0.3, 0.4) is 0 Å². The van der Waals surface area contributed by atoms with Crippen LogP contribution in [0.4, 0.5) is 0 Å². The lowest BCUT2D eigenvalue weighted by atomic mass is 9.96. The zero-order chi connectivity index (χ0) is 9.10. The number of rotatable bonds is 2. The van der Waals surface area contributed by atoms with Crippen LogP contribution in [0.1, 0.15) is 17.5 Å². The van der Waals surface area contributed by atoms with Crippen molar-refractivity contribution in [1.82, 2.24) is 5.32 Å². The third-order valence-electron chi connectivity index (χ3n) is 2.93. The molecule has 1 atom stereocenters. The fourth-order valence-electron chi connectivity index (χ4n) is 2.04. The summed E-state index contributed by atoms with van der Waals surface area (Å²) in [6, 6.07) is 8.72. The Bertz CT molecular complexity index is 279. The van der Waals surface area contributed by atoms with Gasteiger partial charge in [-0.3, -0.25) is 0 Å². The summed E-state index contributed by atoms with van der Waals surface area (Å²) in [7, 11) is 0. The highest BCUT2D eigenvalue weighted by Gasteiger charge is 2.15. The van der Waals surface area contributed by atoms with Crippen LogP contribution >= 0.6 is 12.4 Å². The summed E-state index contributed by atoms with van der Waals surface area (Å²) in [5, 5.41) is 3.41. The van der Waals surface area contributed by atoms with E-state index in [1.807, 2.05) is 0 Å². The van der Waals surface area contributed by atoms with Gasteiger partial charge >= 0.3 is 0 Å². The van der Waals surface area contributed by atoms with E-state index < -0.39 is 0 Å². The highest BCUT2D eigenvalue weighted by Crippen LogP contribution is 2.17. The lowest BCUT2D eigenvalue weighted by molar-refractivity contribution is 0.578. The van der Waals surface area contributed by atoms with Gasteiger partial charge in [-0.05, 0) is 49.9 Å². The smallest absolute Gasteiger partial charge is 0.00169 e. The van der Waals surface area contributed by atoms with Crippen LogP contribution in [0.25, 0.3) is 0 Å². The van der Waals surface area contributed by atoms with Crippen molar-refractivity contribution in [3.05, 3.63) is 35.4 Å². The number of benzene rings is 1. The molecule has 0 radical (unpaired) electrons. The van der Waals surface area contributed by atoms with E-state index in [0.29, 0.717) is 0 Å². The molecule has 1 aromatic carbocycles. The van der Waals surface area contributed by atoms with Crippen molar-refractivity contribution in [2.45, 2.75) is 19.8 Å². The van der Waals surface area contributed by atoms with Crippen molar-refractivity contribution < 1.29 is 0 Å². The molecular formula is C12H18ClN. The minimum Gasteiger partial charge on any atom is -0.316 e. The Morgan fingerprint density at radius 3 is 2.79 bits per heavy atom. The first-order valence-electron chi connectivity index (χ1n) is 5.11. The molecule has 78 valence electrons. The standard InChI is InChI=1S/C12H17N.ClH/c1-10-4-2-3-5-12(10)8-11-6-7-13-9-11;/h2-5,11,13H,6-9H2,1H3;1H. The van der Waals surface area contributed by atoms with E-state index in [1.165, 1.54) is 37.1 Å². The average Bonchev–Trinajstić information content (AvgIpc) is 2.61. The predicted molar refractivity (Wildman–Crippen MR) is 63.1 cm³/mol. The molecule has 1 aromatic rings. The quantitative estimate of drug-likeness (QED) is 0.793. The van der Waals surface area contributed by atoms with Gasteiger partial charge in [0.15, 0.2) is 0 Å². The molecule has 1 fully saturated rings. The largest absolute Gasteiger partial charge is 0.316 e. The van der Waals surface area contributed by atoms with Gasteiger partial charge in [0, 0.05) is 0 Å². The lowest BCUT2D eigenvalue weighted by Crippen LogP contribution is -2.11. The normalized spacial score (nSPS) is 20.5. The SMILES string of the molecule is Cc1ccccc1CC1CCNC1.Cl. The summed E-state index contributed by atoms with van der Waals surface area (Å²) in [6.07, 6.45) is 2.59. The highest BCUT2D eigenvalue weighted by molar-refractivity contribution is 5.85. The van der Waals surface area contributed by atoms with Gasteiger partial charge in [0.25, 0.3) is 0 Å². The number of halogens is 1. The molecule has 1 aliphatic heterocycles. The molecule has 1 N–H and O–H groups in total. The first-order chi connectivity index (χ1) is 6.36. The van der Waals surface area contributed by atoms with Gasteiger partial charge in [0.2, 0.25) is 0 Å². The van der Waals surface area contributed by atoms with E-state index in [2.05, 4.69) is 36.5 Å². The molecule has 0 bridgehead atoms. The number of nitrogens with one attached hydrogen (secondary N) is 1. The molecule has 1 heterocycles. The topological polar surface area (TPSA) is 12.0 Å². The van der Waals surface area contributed by atoms with Crippen LogP contribution in [0.5, 0.6) is 0 Å². The Hall–Kier alpha value is -0.530. The van der Waals surface area contributed by atoms with Gasteiger partial charge in [0.1, 0.15) is 0 Å². The monoisotopic (exact) mass is 211 g/mol. The Labute approximate surface area is 92.3 Å². The molecule has 0 aromatic heterocycles. The van der Waals surface area contributed by atoms with Gasteiger partial charge in [-0.25, -0.2) is 0 Å². The molecule has 0 saturated carbocycles. The van der Waals surface area contributed by atoms with Crippen LogP contribution in [0.2, 0.25) is 0 Å². The van der Waals surface area contributed by atoms with E-state index in [1.54, 1.807) is 0 Å². The van der Waals surface area contributed by atoms with Crippen molar-refractivity contribution in [1.29, 1.82) is 0 Å². The van der Waals surface area contributed by atoms with Crippen LogP contribution in [-0.4, -0.2) is 13.1 Å². The van der Waals surface area contributed by atoms with E-state index in [9.17, 15) is 0 Å². The number of hydrogen-bond acceptors (Lipinski definition) is 1. The maximum atomic E-state index is 3.41. The Morgan fingerprint density at radius 1 is 1.36 bits per heavy atom. The molecule has 0 aliphatic carbocycles. The molecule has 1 saturated heterocycles. The fraction of sp³-hybridized carbons (Fsp3) is 0.500. The Balaban J connectivity index is 0.000000980. The average molecular weight is 212 g/mol.